The van der Waals surface area contributed by atoms with Crippen LogP contribution in [0.3, 0.4) is 0 Å². The van der Waals surface area contributed by atoms with Crippen molar-refractivity contribution in [1.82, 2.24) is 9.80 Å². The van der Waals surface area contributed by atoms with Gasteiger partial charge in [-0.2, -0.15) is 0 Å². The van der Waals surface area contributed by atoms with Crippen LogP contribution in [0.2, 0.25) is 0 Å². The number of amides is 1. The number of nitrogens with two attached hydrogens (primary N) is 1. The number of nitrogens with zero attached hydrogens (tertiary/aromatic N) is 2. The number of methoxy groups -OCH3 is 1. The normalized spacial score (nSPS) is 28.8. The van der Waals surface area contributed by atoms with Gasteiger partial charge in [0, 0.05) is 46.4 Å². The summed E-state index contributed by atoms with van der Waals surface area (Å²) in [5.74, 6) is 0.141. The molecule has 0 aromatic heterocycles. The Morgan fingerprint density at radius 1 is 1.32 bits per heavy atom. The minimum Gasteiger partial charge on any atom is -0.383 e. The first-order chi connectivity index (χ1) is 9.24. The minimum absolute atomic E-state index is 0.0666. The van der Waals surface area contributed by atoms with Crippen molar-refractivity contribution in [2.45, 2.75) is 25.0 Å². The van der Waals surface area contributed by atoms with Crippen LogP contribution in [0.5, 0.6) is 0 Å². The van der Waals surface area contributed by atoms with E-state index in [1.165, 1.54) is 0 Å². The molecule has 0 aromatic carbocycles. The molecule has 0 aliphatic carbocycles. The molecule has 0 aromatic rings. The molecule has 110 valence electrons. The lowest BCUT2D eigenvalue weighted by Crippen LogP contribution is -2.52. The average molecular weight is 271 g/mol. The van der Waals surface area contributed by atoms with Gasteiger partial charge in [-0.05, 0) is 12.8 Å². The predicted octanol–water partition coefficient (Wildman–Crippen LogP) is -0.717. The predicted molar refractivity (Wildman–Crippen MR) is 71.8 cm³/mol. The van der Waals surface area contributed by atoms with Gasteiger partial charge in [0.05, 0.1) is 12.7 Å². The Bertz CT molecular complexity index is 293. The Labute approximate surface area is 114 Å². The fraction of sp³-hybridized carbons (Fsp3) is 0.923. The van der Waals surface area contributed by atoms with E-state index in [0.29, 0.717) is 6.54 Å². The van der Waals surface area contributed by atoms with Crippen LogP contribution in [-0.2, 0) is 14.3 Å². The second kappa shape index (κ2) is 7.19. The summed E-state index contributed by atoms with van der Waals surface area (Å²) >= 11 is 0. The largest absolute Gasteiger partial charge is 0.383 e. The second-order valence-electron chi connectivity index (χ2n) is 5.22. The fourth-order valence-corrected chi connectivity index (χ4v) is 2.68. The molecule has 2 aliphatic heterocycles. The van der Waals surface area contributed by atoms with Gasteiger partial charge in [-0.25, -0.2) is 0 Å². The lowest BCUT2D eigenvalue weighted by molar-refractivity contribution is -0.144. The highest BCUT2D eigenvalue weighted by Crippen LogP contribution is 2.21. The third-order valence-electron chi connectivity index (χ3n) is 3.94. The molecule has 2 N–H and O–H groups in total. The Kier molecular flexibility index (Phi) is 5.57. The van der Waals surface area contributed by atoms with E-state index in [0.717, 1.165) is 52.2 Å². The van der Waals surface area contributed by atoms with Crippen molar-refractivity contribution in [1.29, 1.82) is 0 Å². The third kappa shape index (κ3) is 3.89. The van der Waals surface area contributed by atoms with E-state index in [-0.39, 0.29) is 18.1 Å². The Hall–Kier alpha value is -0.690. The topological polar surface area (TPSA) is 68.0 Å². The number of hydrogen-bond donors (Lipinski definition) is 1. The van der Waals surface area contributed by atoms with E-state index in [2.05, 4.69) is 4.90 Å². The number of piperazine rings is 1. The standard InChI is InChI=1S/C13H25N3O3/c1-18-9-8-15-4-6-16(7-5-15)13(17)12-3-2-11(10-14)19-12/h11-12H,2-10,14H2,1H3/t11-,12+/m1/s1. The highest BCUT2D eigenvalue weighted by molar-refractivity contribution is 5.81. The molecule has 0 radical (unpaired) electrons. The summed E-state index contributed by atoms with van der Waals surface area (Å²) in [7, 11) is 1.71. The second-order valence-corrected chi connectivity index (χ2v) is 5.22. The smallest absolute Gasteiger partial charge is 0.251 e. The lowest BCUT2D eigenvalue weighted by Gasteiger charge is -2.35. The van der Waals surface area contributed by atoms with Crippen LogP contribution in [0.4, 0.5) is 0 Å². The fourth-order valence-electron chi connectivity index (χ4n) is 2.68. The molecule has 0 spiro atoms. The van der Waals surface area contributed by atoms with Crippen LogP contribution in [0.15, 0.2) is 0 Å². The van der Waals surface area contributed by atoms with Crippen LogP contribution in [0.25, 0.3) is 0 Å². The third-order valence-corrected chi connectivity index (χ3v) is 3.94. The van der Waals surface area contributed by atoms with Gasteiger partial charge in [0.2, 0.25) is 0 Å². The summed E-state index contributed by atoms with van der Waals surface area (Å²) in [6, 6.07) is 0. The molecule has 2 aliphatic rings. The molecule has 6 heteroatoms. The van der Waals surface area contributed by atoms with Gasteiger partial charge in [0.1, 0.15) is 6.10 Å². The first-order valence-corrected chi connectivity index (χ1v) is 7.10. The van der Waals surface area contributed by atoms with Gasteiger partial charge in [-0.3, -0.25) is 9.69 Å². The molecule has 0 unspecified atom stereocenters. The molecule has 6 nitrogen and oxygen atoms in total. The molecule has 2 rings (SSSR count). The maximum absolute atomic E-state index is 12.3. The Morgan fingerprint density at radius 3 is 2.63 bits per heavy atom. The van der Waals surface area contributed by atoms with Crippen molar-refractivity contribution in [2.75, 3.05) is 53.0 Å². The van der Waals surface area contributed by atoms with E-state index in [1.807, 2.05) is 4.90 Å². The molecule has 2 fully saturated rings. The van der Waals surface area contributed by atoms with E-state index < -0.39 is 0 Å². The molecular weight excluding hydrogens is 246 g/mol. The van der Waals surface area contributed by atoms with Crippen LogP contribution in [0.1, 0.15) is 12.8 Å². The van der Waals surface area contributed by atoms with Crippen LogP contribution in [0, 0.1) is 0 Å². The van der Waals surface area contributed by atoms with Crippen LogP contribution >= 0.6 is 0 Å². The van der Waals surface area contributed by atoms with Crippen molar-refractivity contribution >= 4 is 5.91 Å². The zero-order chi connectivity index (χ0) is 13.7. The molecule has 0 saturated carbocycles. The molecular formula is C13H25N3O3. The van der Waals surface area contributed by atoms with E-state index in [4.69, 9.17) is 15.2 Å². The van der Waals surface area contributed by atoms with Gasteiger partial charge in [0.15, 0.2) is 0 Å². The number of ether oxygens (including phenoxy) is 2. The highest BCUT2D eigenvalue weighted by atomic mass is 16.5. The summed E-state index contributed by atoms with van der Waals surface area (Å²) in [6.45, 7) is 5.61. The summed E-state index contributed by atoms with van der Waals surface area (Å²) < 4.78 is 10.7. The van der Waals surface area contributed by atoms with E-state index in [9.17, 15) is 4.79 Å². The Morgan fingerprint density at radius 2 is 2.05 bits per heavy atom. The molecule has 0 bridgehead atoms. The number of hydrogen-bond acceptors (Lipinski definition) is 5. The minimum atomic E-state index is -0.265. The monoisotopic (exact) mass is 271 g/mol. The first kappa shape index (κ1) is 14.7. The summed E-state index contributed by atoms with van der Waals surface area (Å²) in [6.07, 6.45) is 1.52. The van der Waals surface area contributed by atoms with Gasteiger partial charge in [-0.15, -0.1) is 0 Å². The molecule has 1 amide bonds. The molecule has 2 saturated heterocycles. The first-order valence-electron chi connectivity index (χ1n) is 7.10. The average Bonchev–Trinajstić information content (AvgIpc) is 2.94. The van der Waals surface area contributed by atoms with Crippen molar-refractivity contribution in [3.8, 4) is 0 Å². The zero-order valence-electron chi connectivity index (χ0n) is 11.7. The van der Waals surface area contributed by atoms with Crippen LogP contribution < -0.4 is 5.73 Å². The zero-order valence-corrected chi connectivity index (χ0v) is 11.7. The summed E-state index contributed by atoms with van der Waals surface area (Å²) in [5.41, 5.74) is 5.57. The molecule has 19 heavy (non-hydrogen) atoms. The molecule has 2 heterocycles. The van der Waals surface area contributed by atoms with E-state index >= 15 is 0 Å². The van der Waals surface area contributed by atoms with Crippen LogP contribution in [-0.4, -0.2) is 80.9 Å². The van der Waals surface area contributed by atoms with Crippen molar-refractivity contribution in [3.05, 3.63) is 0 Å². The van der Waals surface area contributed by atoms with Crippen molar-refractivity contribution in [2.24, 2.45) is 5.73 Å². The number of carbonyl (C=O) groups excluding carboxylic acids is 1. The lowest BCUT2D eigenvalue weighted by atomic mass is 10.1. The number of rotatable bonds is 5. The highest BCUT2D eigenvalue weighted by Gasteiger charge is 2.33. The van der Waals surface area contributed by atoms with Gasteiger partial charge >= 0.3 is 0 Å². The van der Waals surface area contributed by atoms with Gasteiger partial charge in [-0.1, -0.05) is 0 Å². The maximum atomic E-state index is 12.3. The quantitative estimate of drug-likeness (QED) is 0.715. The van der Waals surface area contributed by atoms with Gasteiger partial charge in [0.25, 0.3) is 5.91 Å². The molecule has 2 atom stereocenters. The van der Waals surface area contributed by atoms with Crippen molar-refractivity contribution in [3.63, 3.8) is 0 Å². The number of carbonyl (C=O) groups is 1. The maximum Gasteiger partial charge on any atom is 0.251 e. The summed E-state index contributed by atoms with van der Waals surface area (Å²) in [5, 5.41) is 0. The Balaban J connectivity index is 1.73. The van der Waals surface area contributed by atoms with Crippen molar-refractivity contribution < 1.29 is 14.3 Å². The SMILES string of the molecule is COCCN1CCN(C(=O)[C@@H]2CC[C@H](CN)O2)CC1. The van der Waals surface area contributed by atoms with E-state index in [1.54, 1.807) is 7.11 Å². The summed E-state index contributed by atoms with van der Waals surface area (Å²) in [4.78, 5) is 16.5. The van der Waals surface area contributed by atoms with Gasteiger partial charge < -0.3 is 20.1 Å².